The SMILES string of the molecule is CC(N)CC[C@H](N)CNC(=O)c1cc2ccc(-c3ccc(F)cc3)cc2[nH]1.Cl. The number of benzene rings is 2. The van der Waals surface area contributed by atoms with Gasteiger partial charge in [0, 0.05) is 29.5 Å². The molecular formula is C21H26ClFN4O. The molecule has 0 fully saturated rings. The number of aromatic nitrogens is 1. The lowest BCUT2D eigenvalue weighted by Gasteiger charge is -2.13. The topological polar surface area (TPSA) is 96.9 Å². The molecule has 150 valence electrons. The van der Waals surface area contributed by atoms with E-state index < -0.39 is 0 Å². The molecule has 2 aromatic carbocycles. The van der Waals surface area contributed by atoms with Crippen molar-refractivity contribution in [3.05, 3.63) is 60.0 Å². The summed E-state index contributed by atoms with van der Waals surface area (Å²) in [5.41, 5.74) is 14.9. The largest absolute Gasteiger partial charge is 0.351 e. The number of aromatic amines is 1. The Morgan fingerprint density at radius 2 is 1.75 bits per heavy atom. The number of rotatable bonds is 7. The fourth-order valence-corrected chi connectivity index (χ4v) is 2.97. The first kappa shape index (κ1) is 21.9. The lowest BCUT2D eigenvalue weighted by Crippen LogP contribution is -2.38. The van der Waals surface area contributed by atoms with Crippen LogP contribution in [0.2, 0.25) is 0 Å². The van der Waals surface area contributed by atoms with Crippen molar-refractivity contribution in [3.63, 3.8) is 0 Å². The number of halogens is 2. The molecule has 2 atom stereocenters. The first-order chi connectivity index (χ1) is 12.9. The van der Waals surface area contributed by atoms with Gasteiger partial charge in [-0.2, -0.15) is 0 Å². The van der Waals surface area contributed by atoms with Crippen LogP contribution in [-0.2, 0) is 0 Å². The average molecular weight is 405 g/mol. The van der Waals surface area contributed by atoms with Crippen LogP contribution in [0.4, 0.5) is 4.39 Å². The summed E-state index contributed by atoms with van der Waals surface area (Å²) >= 11 is 0. The van der Waals surface area contributed by atoms with Crippen LogP contribution in [0.15, 0.2) is 48.5 Å². The number of amides is 1. The van der Waals surface area contributed by atoms with Crippen molar-refractivity contribution in [2.24, 2.45) is 11.5 Å². The van der Waals surface area contributed by atoms with Crippen LogP contribution >= 0.6 is 12.4 Å². The number of hydrogen-bond donors (Lipinski definition) is 4. The van der Waals surface area contributed by atoms with Crippen LogP contribution in [0.25, 0.3) is 22.0 Å². The quantitative estimate of drug-likeness (QED) is 0.484. The van der Waals surface area contributed by atoms with E-state index >= 15 is 0 Å². The van der Waals surface area contributed by atoms with Crippen LogP contribution in [-0.4, -0.2) is 29.5 Å². The minimum Gasteiger partial charge on any atom is -0.351 e. The summed E-state index contributed by atoms with van der Waals surface area (Å²) in [7, 11) is 0. The predicted octanol–water partition coefficient (Wildman–Crippen LogP) is 3.58. The lowest BCUT2D eigenvalue weighted by atomic mass is 10.0. The second-order valence-electron chi connectivity index (χ2n) is 7.02. The Morgan fingerprint density at radius 1 is 1.07 bits per heavy atom. The zero-order chi connectivity index (χ0) is 19.4. The normalized spacial score (nSPS) is 13.0. The van der Waals surface area contributed by atoms with Gasteiger partial charge in [-0.3, -0.25) is 4.79 Å². The van der Waals surface area contributed by atoms with E-state index in [4.69, 9.17) is 11.5 Å². The Balaban J connectivity index is 0.00000280. The molecule has 0 aliphatic heterocycles. The van der Waals surface area contributed by atoms with Crippen LogP contribution in [0.1, 0.15) is 30.3 Å². The zero-order valence-electron chi connectivity index (χ0n) is 15.7. The van der Waals surface area contributed by atoms with E-state index in [0.717, 1.165) is 34.9 Å². The Morgan fingerprint density at radius 3 is 2.43 bits per heavy atom. The highest BCUT2D eigenvalue weighted by atomic mass is 35.5. The van der Waals surface area contributed by atoms with Gasteiger partial charge in [0.25, 0.3) is 5.91 Å². The monoisotopic (exact) mass is 404 g/mol. The van der Waals surface area contributed by atoms with Crippen LogP contribution in [0.5, 0.6) is 0 Å². The molecule has 0 spiro atoms. The third-order valence-electron chi connectivity index (χ3n) is 4.56. The molecule has 28 heavy (non-hydrogen) atoms. The number of nitrogens with two attached hydrogens (primary N) is 2. The third kappa shape index (κ3) is 5.55. The number of H-pyrrole nitrogens is 1. The van der Waals surface area contributed by atoms with Crippen molar-refractivity contribution in [2.75, 3.05) is 6.54 Å². The molecule has 7 heteroatoms. The molecule has 0 aliphatic carbocycles. The van der Waals surface area contributed by atoms with E-state index in [9.17, 15) is 9.18 Å². The molecule has 3 aromatic rings. The molecule has 1 amide bonds. The molecule has 3 rings (SSSR count). The van der Waals surface area contributed by atoms with Crippen LogP contribution < -0.4 is 16.8 Å². The molecule has 6 N–H and O–H groups in total. The second kappa shape index (κ2) is 9.68. The van der Waals surface area contributed by atoms with E-state index in [1.54, 1.807) is 12.1 Å². The van der Waals surface area contributed by atoms with Gasteiger partial charge in [-0.25, -0.2) is 4.39 Å². The number of carbonyl (C=O) groups is 1. The summed E-state index contributed by atoms with van der Waals surface area (Å²) in [5.74, 6) is -0.455. The maximum Gasteiger partial charge on any atom is 0.267 e. The summed E-state index contributed by atoms with van der Waals surface area (Å²) in [4.78, 5) is 15.5. The molecule has 1 unspecified atom stereocenters. The first-order valence-electron chi connectivity index (χ1n) is 9.10. The highest BCUT2D eigenvalue weighted by molar-refractivity contribution is 5.98. The minimum absolute atomic E-state index is 0. The van der Waals surface area contributed by atoms with Crippen molar-refractivity contribution < 1.29 is 9.18 Å². The van der Waals surface area contributed by atoms with E-state index in [-0.39, 0.29) is 36.2 Å². The van der Waals surface area contributed by atoms with Gasteiger partial charge in [-0.15, -0.1) is 12.4 Å². The van der Waals surface area contributed by atoms with Gasteiger partial charge in [-0.1, -0.05) is 24.3 Å². The Bertz CT molecular complexity index is 924. The van der Waals surface area contributed by atoms with Gasteiger partial charge in [0.05, 0.1) is 0 Å². The summed E-state index contributed by atoms with van der Waals surface area (Å²) in [5, 5.41) is 3.80. The van der Waals surface area contributed by atoms with Gasteiger partial charge in [0.2, 0.25) is 0 Å². The highest BCUT2D eigenvalue weighted by Gasteiger charge is 2.12. The maximum absolute atomic E-state index is 13.1. The first-order valence-corrected chi connectivity index (χ1v) is 9.10. The number of hydrogen-bond acceptors (Lipinski definition) is 3. The van der Waals surface area contributed by atoms with Gasteiger partial charge < -0.3 is 21.8 Å². The average Bonchev–Trinajstić information content (AvgIpc) is 3.08. The summed E-state index contributed by atoms with van der Waals surface area (Å²) in [6.45, 7) is 2.34. The van der Waals surface area contributed by atoms with Gasteiger partial charge >= 0.3 is 0 Å². The molecule has 0 aliphatic rings. The molecule has 5 nitrogen and oxygen atoms in total. The van der Waals surface area contributed by atoms with Gasteiger partial charge in [0.1, 0.15) is 11.5 Å². The Kier molecular flexibility index (Phi) is 7.57. The number of carbonyl (C=O) groups excluding carboxylic acids is 1. The molecule has 0 saturated carbocycles. The van der Waals surface area contributed by atoms with Crippen molar-refractivity contribution >= 4 is 29.2 Å². The molecular weight excluding hydrogens is 379 g/mol. The molecule has 1 aromatic heterocycles. The highest BCUT2D eigenvalue weighted by Crippen LogP contribution is 2.25. The van der Waals surface area contributed by atoms with E-state index in [1.807, 2.05) is 31.2 Å². The van der Waals surface area contributed by atoms with E-state index in [2.05, 4.69) is 10.3 Å². The van der Waals surface area contributed by atoms with Gasteiger partial charge in [-0.05, 0) is 55.2 Å². The summed E-state index contributed by atoms with van der Waals surface area (Å²) in [6, 6.07) is 14.0. The van der Waals surface area contributed by atoms with E-state index in [1.165, 1.54) is 12.1 Å². The lowest BCUT2D eigenvalue weighted by molar-refractivity contribution is 0.0946. The molecule has 0 bridgehead atoms. The number of nitrogens with one attached hydrogen (secondary N) is 2. The fraction of sp³-hybridized carbons (Fsp3) is 0.286. The van der Waals surface area contributed by atoms with Crippen LogP contribution in [0, 0.1) is 5.82 Å². The van der Waals surface area contributed by atoms with Crippen LogP contribution in [0.3, 0.4) is 0 Å². The molecule has 0 saturated heterocycles. The predicted molar refractivity (Wildman–Crippen MR) is 114 cm³/mol. The molecule has 1 heterocycles. The summed E-state index contributed by atoms with van der Waals surface area (Å²) < 4.78 is 13.1. The van der Waals surface area contributed by atoms with Crippen molar-refractivity contribution in [3.8, 4) is 11.1 Å². The standard InChI is InChI=1S/C21H25FN4O.ClH/c1-13(23)2-9-18(24)12-25-21(27)20-11-16-4-3-15(10-19(16)26-20)14-5-7-17(22)8-6-14;/h3-8,10-11,13,18,26H,2,9,12,23-24H2,1H3,(H,25,27);1H/t13?,18-;/m0./s1. The Labute approximate surface area is 170 Å². The van der Waals surface area contributed by atoms with Crippen molar-refractivity contribution in [1.82, 2.24) is 10.3 Å². The van der Waals surface area contributed by atoms with Crippen molar-refractivity contribution in [1.29, 1.82) is 0 Å². The minimum atomic E-state index is -0.266. The molecule has 0 radical (unpaired) electrons. The maximum atomic E-state index is 13.1. The van der Waals surface area contributed by atoms with Gasteiger partial charge in [0.15, 0.2) is 0 Å². The van der Waals surface area contributed by atoms with E-state index in [0.29, 0.717) is 12.2 Å². The summed E-state index contributed by atoms with van der Waals surface area (Å²) in [6.07, 6.45) is 1.60. The van der Waals surface area contributed by atoms with Crippen molar-refractivity contribution in [2.45, 2.75) is 31.8 Å². The number of fused-ring (bicyclic) bond motifs is 1. The zero-order valence-corrected chi connectivity index (χ0v) is 16.6. The third-order valence-corrected chi connectivity index (χ3v) is 4.56. The smallest absolute Gasteiger partial charge is 0.267 e. The fourth-order valence-electron chi connectivity index (χ4n) is 2.97. The second-order valence-corrected chi connectivity index (χ2v) is 7.02. The Hall–Kier alpha value is -2.41.